The van der Waals surface area contributed by atoms with Gasteiger partial charge < -0.3 is 15.0 Å². The zero-order valence-corrected chi connectivity index (χ0v) is 11.8. The van der Waals surface area contributed by atoms with Crippen molar-refractivity contribution in [3.63, 3.8) is 0 Å². The van der Waals surface area contributed by atoms with Gasteiger partial charge in [0.1, 0.15) is 5.75 Å². The Hall–Kier alpha value is -1.48. The van der Waals surface area contributed by atoms with E-state index in [-0.39, 0.29) is 0 Å². The van der Waals surface area contributed by atoms with Gasteiger partial charge in [0.05, 0.1) is 6.61 Å². The van der Waals surface area contributed by atoms with Crippen LogP contribution in [0, 0.1) is 5.92 Å². The van der Waals surface area contributed by atoms with Crippen molar-refractivity contribution in [2.24, 2.45) is 18.7 Å². The molecule has 1 unspecified atom stereocenters. The Morgan fingerprint density at radius 1 is 1.42 bits per heavy atom. The van der Waals surface area contributed by atoms with Gasteiger partial charge in [-0.2, -0.15) is 0 Å². The van der Waals surface area contributed by atoms with E-state index in [0.717, 1.165) is 25.1 Å². The van der Waals surface area contributed by atoms with Crippen LogP contribution in [0.2, 0.25) is 0 Å². The first-order valence-corrected chi connectivity index (χ1v) is 7.17. The third kappa shape index (κ3) is 2.02. The Bertz CT molecular complexity index is 600. The zero-order valence-electron chi connectivity index (χ0n) is 11.8. The minimum Gasteiger partial charge on any atom is -0.494 e. The van der Waals surface area contributed by atoms with Gasteiger partial charge in [-0.1, -0.05) is 0 Å². The Kier molecular flexibility index (Phi) is 3.23. The molecule has 0 aliphatic heterocycles. The lowest BCUT2D eigenvalue weighted by atomic mass is 9.86. The molecule has 1 aliphatic carbocycles. The summed E-state index contributed by atoms with van der Waals surface area (Å²) in [4.78, 5) is 0. The lowest BCUT2D eigenvalue weighted by molar-refractivity contribution is 0.340. The van der Waals surface area contributed by atoms with Crippen LogP contribution in [-0.2, 0) is 19.9 Å². The van der Waals surface area contributed by atoms with Gasteiger partial charge in [-0.05, 0) is 62.4 Å². The second kappa shape index (κ2) is 4.89. The number of nitrogens with zero attached hydrogens (tertiary/aromatic N) is 1. The van der Waals surface area contributed by atoms with Crippen LogP contribution in [0.4, 0.5) is 0 Å². The largest absolute Gasteiger partial charge is 0.494 e. The lowest BCUT2D eigenvalue weighted by Gasteiger charge is -2.21. The fraction of sp³-hybridized carbons (Fsp3) is 0.500. The predicted molar refractivity (Wildman–Crippen MR) is 78.7 cm³/mol. The van der Waals surface area contributed by atoms with Crippen molar-refractivity contribution in [1.82, 2.24) is 4.57 Å². The normalized spacial score (nSPS) is 18.6. The third-order valence-electron chi connectivity index (χ3n) is 4.33. The molecule has 0 bridgehead atoms. The first-order valence-electron chi connectivity index (χ1n) is 7.17. The molecule has 0 radical (unpaired) electrons. The molecule has 0 spiro atoms. The molecule has 19 heavy (non-hydrogen) atoms. The van der Waals surface area contributed by atoms with Gasteiger partial charge in [0.15, 0.2) is 0 Å². The summed E-state index contributed by atoms with van der Waals surface area (Å²) in [6.07, 6.45) is 3.47. The van der Waals surface area contributed by atoms with Gasteiger partial charge in [0.2, 0.25) is 0 Å². The number of aryl methyl sites for hydroxylation is 1. The molecule has 1 aromatic heterocycles. The van der Waals surface area contributed by atoms with Crippen molar-refractivity contribution in [2.75, 3.05) is 13.2 Å². The number of benzene rings is 1. The van der Waals surface area contributed by atoms with Gasteiger partial charge in [-0.15, -0.1) is 0 Å². The first-order chi connectivity index (χ1) is 9.24. The van der Waals surface area contributed by atoms with E-state index in [1.807, 2.05) is 6.92 Å². The highest BCUT2D eigenvalue weighted by Gasteiger charge is 2.23. The molecule has 0 fully saturated rings. The van der Waals surface area contributed by atoms with E-state index in [0.29, 0.717) is 12.5 Å². The molecular weight excluding hydrogens is 236 g/mol. The molecule has 3 nitrogen and oxygen atoms in total. The van der Waals surface area contributed by atoms with Crippen molar-refractivity contribution in [3.05, 3.63) is 29.5 Å². The van der Waals surface area contributed by atoms with Gasteiger partial charge in [-0.3, -0.25) is 0 Å². The molecular formula is C16H22N2O. The fourth-order valence-electron chi connectivity index (χ4n) is 3.29. The van der Waals surface area contributed by atoms with Crippen molar-refractivity contribution in [2.45, 2.75) is 26.2 Å². The number of rotatable bonds is 3. The second-order valence-electron chi connectivity index (χ2n) is 5.44. The number of ether oxygens (including phenoxy) is 1. The lowest BCUT2D eigenvalue weighted by Crippen LogP contribution is -2.22. The van der Waals surface area contributed by atoms with Crippen LogP contribution in [0.15, 0.2) is 18.2 Å². The van der Waals surface area contributed by atoms with Gasteiger partial charge in [0.25, 0.3) is 0 Å². The molecule has 0 saturated carbocycles. The summed E-state index contributed by atoms with van der Waals surface area (Å²) in [5.74, 6) is 1.60. The topological polar surface area (TPSA) is 40.2 Å². The Labute approximate surface area is 114 Å². The highest BCUT2D eigenvalue weighted by Crippen LogP contribution is 2.35. The first kappa shape index (κ1) is 12.5. The van der Waals surface area contributed by atoms with E-state index in [1.54, 1.807) is 0 Å². The maximum atomic E-state index is 5.86. The standard InChI is InChI=1S/C16H22N2O/c1-3-19-12-5-7-16-14(9-12)13-8-11(10-17)4-6-15(13)18(16)2/h5,7,9,11H,3-4,6,8,10,17H2,1-2H3. The van der Waals surface area contributed by atoms with Crippen LogP contribution < -0.4 is 10.5 Å². The maximum Gasteiger partial charge on any atom is 0.120 e. The molecule has 0 amide bonds. The van der Waals surface area contributed by atoms with E-state index >= 15 is 0 Å². The number of hydrogen-bond acceptors (Lipinski definition) is 2. The SMILES string of the molecule is CCOc1ccc2c(c1)c1c(n2C)CCC(CN)C1. The monoisotopic (exact) mass is 258 g/mol. The average molecular weight is 258 g/mol. The average Bonchev–Trinajstić information content (AvgIpc) is 2.72. The zero-order chi connectivity index (χ0) is 13.4. The highest BCUT2D eigenvalue weighted by atomic mass is 16.5. The molecule has 1 aromatic carbocycles. The van der Waals surface area contributed by atoms with Crippen LogP contribution in [0.1, 0.15) is 24.6 Å². The smallest absolute Gasteiger partial charge is 0.120 e. The molecule has 102 valence electrons. The third-order valence-corrected chi connectivity index (χ3v) is 4.33. The number of aromatic nitrogens is 1. The van der Waals surface area contributed by atoms with Crippen LogP contribution in [0.3, 0.4) is 0 Å². The second-order valence-corrected chi connectivity index (χ2v) is 5.44. The summed E-state index contributed by atoms with van der Waals surface area (Å²) in [6.45, 7) is 3.53. The minimum atomic E-state index is 0.633. The van der Waals surface area contributed by atoms with Gasteiger partial charge in [0, 0.05) is 23.6 Å². The molecule has 2 N–H and O–H groups in total. The maximum absolute atomic E-state index is 5.86. The van der Waals surface area contributed by atoms with Crippen LogP contribution >= 0.6 is 0 Å². The number of hydrogen-bond donors (Lipinski definition) is 1. The van der Waals surface area contributed by atoms with Gasteiger partial charge in [-0.25, -0.2) is 0 Å². The van der Waals surface area contributed by atoms with Crippen molar-refractivity contribution in [1.29, 1.82) is 0 Å². The van der Waals surface area contributed by atoms with Crippen molar-refractivity contribution >= 4 is 10.9 Å². The summed E-state index contributed by atoms with van der Waals surface area (Å²) in [5, 5.41) is 1.35. The van der Waals surface area contributed by atoms with Crippen molar-refractivity contribution in [3.8, 4) is 5.75 Å². The minimum absolute atomic E-state index is 0.633. The quantitative estimate of drug-likeness (QED) is 0.919. The number of fused-ring (bicyclic) bond motifs is 3. The van der Waals surface area contributed by atoms with Crippen LogP contribution in [0.5, 0.6) is 5.75 Å². The predicted octanol–water partition coefficient (Wildman–Crippen LogP) is 2.64. The van der Waals surface area contributed by atoms with E-state index in [9.17, 15) is 0 Å². The number of nitrogens with two attached hydrogens (primary N) is 1. The fourth-order valence-corrected chi connectivity index (χ4v) is 3.29. The van der Waals surface area contributed by atoms with E-state index in [1.165, 1.54) is 28.6 Å². The Balaban J connectivity index is 2.13. The summed E-state index contributed by atoms with van der Waals surface area (Å²) in [7, 11) is 2.17. The summed E-state index contributed by atoms with van der Waals surface area (Å²) in [6, 6.07) is 6.43. The van der Waals surface area contributed by atoms with Crippen molar-refractivity contribution < 1.29 is 4.74 Å². The molecule has 0 saturated heterocycles. The summed E-state index contributed by atoms with van der Waals surface area (Å²) in [5.41, 5.74) is 10.1. The molecule has 1 atom stereocenters. The molecule has 2 aromatic rings. The summed E-state index contributed by atoms with van der Waals surface area (Å²) >= 11 is 0. The summed E-state index contributed by atoms with van der Waals surface area (Å²) < 4.78 is 7.97. The molecule has 1 aliphatic rings. The van der Waals surface area contributed by atoms with E-state index < -0.39 is 0 Å². The molecule has 3 rings (SSSR count). The highest BCUT2D eigenvalue weighted by molar-refractivity contribution is 5.87. The van der Waals surface area contributed by atoms with E-state index in [2.05, 4.69) is 29.8 Å². The Morgan fingerprint density at radius 2 is 2.26 bits per heavy atom. The van der Waals surface area contributed by atoms with Crippen LogP contribution in [-0.4, -0.2) is 17.7 Å². The molecule has 3 heteroatoms. The van der Waals surface area contributed by atoms with Gasteiger partial charge >= 0.3 is 0 Å². The Morgan fingerprint density at radius 3 is 3.00 bits per heavy atom. The van der Waals surface area contributed by atoms with Crippen LogP contribution in [0.25, 0.3) is 10.9 Å². The van der Waals surface area contributed by atoms with E-state index in [4.69, 9.17) is 10.5 Å². The molecule has 1 heterocycles.